The molecule has 1 aromatic rings. The van der Waals surface area contributed by atoms with Crippen molar-refractivity contribution >= 4 is 9.84 Å². The zero-order valence-corrected chi connectivity index (χ0v) is 12.2. The van der Waals surface area contributed by atoms with Gasteiger partial charge in [0.1, 0.15) is 0 Å². The number of rotatable bonds is 7. The topological polar surface area (TPSA) is 46.2 Å². The quantitative estimate of drug-likeness (QED) is 0.825. The summed E-state index contributed by atoms with van der Waals surface area (Å²) in [7, 11) is -1.24. The molecule has 0 bridgehead atoms. The molecule has 3 nitrogen and oxygen atoms in total. The summed E-state index contributed by atoms with van der Waals surface area (Å²) in [5.41, 5.74) is 0.858. The SMILES string of the molecule is CCC(C)C(CS(=O)(=O)Cc1ccccc1)NC. The van der Waals surface area contributed by atoms with E-state index in [1.807, 2.05) is 37.4 Å². The van der Waals surface area contributed by atoms with Crippen molar-refractivity contribution in [1.82, 2.24) is 5.32 Å². The van der Waals surface area contributed by atoms with E-state index in [4.69, 9.17) is 0 Å². The van der Waals surface area contributed by atoms with Crippen LogP contribution in [0.4, 0.5) is 0 Å². The van der Waals surface area contributed by atoms with Gasteiger partial charge in [-0.2, -0.15) is 0 Å². The zero-order chi connectivity index (χ0) is 13.6. The van der Waals surface area contributed by atoms with Gasteiger partial charge in [-0.25, -0.2) is 8.42 Å². The molecule has 0 heterocycles. The Hall–Kier alpha value is -0.870. The molecule has 102 valence electrons. The molecule has 1 N–H and O–H groups in total. The molecule has 2 atom stereocenters. The Morgan fingerprint density at radius 2 is 1.83 bits per heavy atom. The van der Waals surface area contributed by atoms with E-state index < -0.39 is 9.84 Å². The number of sulfone groups is 1. The Morgan fingerprint density at radius 3 is 2.33 bits per heavy atom. The van der Waals surface area contributed by atoms with Crippen LogP contribution in [0.2, 0.25) is 0 Å². The highest BCUT2D eigenvalue weighted by molar-refractivity contribution is 7.90. The van der Waals surface area contributed by atoms with E-state index in [1.54, 1.807) is 0 Å². The van der Waals surface area contributed by atoms with Crippen molar-refractivity contribution < 1.29 is 8.42 Å². The number of hydrogen-bond donors (Lipinski definition) is 1. The third kappa shape index (κ3) is 4.78. The van der Waals surface area contributed by atoms with Crippen molar-refractivity contribution in [1.29, 1.82) is 0 Å². The molecule has 0 aliphatic carbocycles. The average Bonchev–Trinajstić information content (AvgIpc) is 2.35. The summed E-state index contributed by atoms with van der Waals surface area (Å²) in [5.74, 6) is 0.691. The van der Waals surface area contributed by atoms with Crippen LogP contribution in [0.3, 0.4) is 0 Å². The number of benzene rings is 1. The summed E-state index contributed by atoms with van der Waals surface area (Å²) in [5, 5.41) is 3.12. The highest BCUT2D eigenvalue weighted by Crippen LogP contribution is 2.13. The molecule has 0 aromatic heterocycles. The van der Waals surface area contributed by atoms with Gasteiger partial charge in [0.2, 0.25) is 0 Å². The molecule has 0 aliphatic heterocycles. The third-order valence-corrected chi connectivity index (χ3v) is 5.00. The number of nitrogens with one attached hydrogen (secondary N) is 1. The first-order valence-electron chi connectivity index (χ1n) is 6.40. The lowest BCUT2D eigenvalue weighted by atomic mass is 10.0. The van der Waals surface area contributed by atoms with Gasteiger partial charge in [-0.3, -0.25) is 0 Å². The Labute approximate surface area is 111 Å². The molecule has 1 aromatic carbocycles. The van der Waals surface area contributed by atoms with Crippen LogP contribution in [0, 0.1) is 5.92 Å². The standard InChI is InChI=1S/C14H23NO2S/c1-4-12(2)14(15-3)11-18(16,17)10-13-8-6-5-7-9-13/h5-9,12,14-15H,4,10-11H2,1-3H3. The molecule has 18 heavy (non-hydrogen) atoms. The third-order valence-electron chi connectivity index (χ3n) is 3.36. The predicted molar refractivity (Wildman–Crippen MR) is 76.2 cm³/mol. The van der Waals surface area contributed by atoms with E-state index in [0.717, 1.165) is 12.0 Å². The maximum absolute atomic E-state index is 12.1. The van der Waals surface area contributed by atoms with Crippen LogP contribution >= 0.6 is 0 Å². The Kier molecular flexibility index (Phi) is 5.82. The van der Waals surface area contributed by atoms with Crippen LogP contribution in [-0.2, 0) is 15.6 Å². The summed E-state index contributed by atoms with van der Waals surface area (Å²) >= 11 is 0. The van der Waals surface area contributed by atoms with Gasteiger partial charge in [0.05, 0.1) is 11.5 Å². The van der Waals surface area contributed by atoms with Gasteiger partial charge >= 0.3 is 0 Å². The predicted octanol–water partition coefficient (Wildman–Crippen LogP) is 2.24. The summed E-state index contributed by atoms with van der Waals surface area (Å²) in [4.78, 5) is 0. The van der Waals surface area contributed by atoms with Crippen molar-refractivity contribution in [3.8, 4) is 0 Å². The maximum Gasteiger partial charge on any atom is 0.155 e. The molecule has 0 amide bonds. The second-order valence-electron chi connectivity index (χ2n) is 4.82. The van der Waals surface area contributed by atoms with Crippen LogP contribution in [-0.4, -0.2) is 27.3 Å². The molecule has 0 saturated heterocycles. The molecule has 1 rings (SSSR count). The first kappa shape index (κ1) is 15.2. The smallest absolute Gasteiger partial charge is 0.155 e. The van der Waals surface area contributed by atoms with Crippen LogP contribution in [0.15, 0.2) is 30.3 Å². The minimum Gasteiger partial charge on any atom is -0.316 e. The summed E-state index contributed by atoms with van der Waals surface area (Å²) in [6.07, 6.45) is 0.979. The van der Waals surface area contributed by atoms with E-state index in [0.29, 0.717) is 5.92 Å². The first-order valence-corrected chi connectivity index (χ1v) is 8.22. The van der Waals surface area contributed by atoms with Gasteiger partial charge in [0.15, 0.2) is 9.84 Å². The van der Waals surface area contributed by atoms with E-state index in [9.17, 15) is 8.42 Å². The molecule has 2 unspecified atom stereocenters. The van der Waals surface area contributed by atoms with Crippen molar-refractivity contribution in [2.75, 3.05) is 12.8 Å². The second-order valence-corrected chi connectivity index (χ2v) is 6.93. The summed E-state index contributed by atoms with van der Waals surface area (Å²) in [6.45, 7) is 4.16. The van der Waals surface area contributed by atoms with Crippen molar-refractivity contribution in [3.63, 3.8) is 0 Å². The minimum atomic E-state index is -3.06. The van der Waals surface area contributed by atoms with Gasteiger partial charge in [0, 0.05) is 6.04 Å². The molecular weight excluding hydrogens is 246 g/mol. The fourth-order valence-corrected chi connectivity index (χ4v) is 3.84. The molecule has 0 fully saturated rings. The fourth-order valence-electron chi connectivity index (χ4n) is 1.98. The Bertz CT molecular complexity index is 442. The molecule has 4 heteroatoms. The van der Waals surface area contributed by atoms with Crippen molar-refractivity contribution in [2.24, 2.45) is 5.92 Å². The lowest BCUT2D eigenvalue weighted by molar-refractivity contribution is 0.413. The molecule has 0 spiro atoms. The van der Waals surface area contributed by atoms with Gasteiger partial charge < -0.3 is 5.32 Å². The highest BCUT2D eigenvalue weighted by atomic mass is 32.2. The Morgan fingerprint density at radius 1 is 1.22 bits per heavy atom. The van der Waals surface area contributed by atoms with E-state index in [1.165, 1.54) is 0 Å². The van der Waals surface area contributed by atoms with Crippen molar-refractivity contribution in [3.05, 3.63) is 35.9 Å². The number of hydrogen-bond acceptors (Lipinski definition) is 3. The second kappa shape index (κ2) is 6.90. The van der Waals surface area contributed by atoms with E-state index in [2.05, 4.69) is 19.2 Å². The van der Waals surface area contributed by atoms with Crippen molar-refractivity contribution in [2.45, 2.75) is 32.1 Å². The zero-order valence-electron chi connectivity index (χ0n) is 11.4. The minimum absolute atomic E-state index is 0.0312. The average molecular weight is 269 g/mol. The molecular formula is C14H23NO2S. The van der Waals surface area contributed by atoms with Gasteiger partial charge in [-0.15, -0.1) is 0 Å². The first-order chi connectivity index (χ1) is 8.48. The molecule has 0 saturated carbocycles. The normalized spacial score (nSPS) is 15.3. The van der Waals surface area contributed by atoms with Crippen LogP contribution in [0.5, 0.6) is 0 Å². The van der Waals surface area contributed by atoms with Gasteiger partial charge in [-0.1, -0.05) is 50.6 Å². The Balaban J connectivity index is 2.70. The van der Waals surface area contributed by atoms with Crippen LogP contribution in [0.1, 0.15) is 25.8 Å². The highest BCUT2D eigenvalue weighted by Gasteiger charge is 2.22. The molecule has 0 radical (unpaired) electrons. The monoisotopic (exact) mass is 269 g/mol. The van der Waals surface area contributed by atoms with Crippen LogP contribution < -0.4 is 5.32 Å². The van der Waals surface area contributed by atoms with E-state index >= 15 is 0 Å². The summed E-state index contributed by atoms with van der Waals surface area (Å²) < 4.78 is 24.3. The van der Waals surface area contributed by atoms with E-state index in [-0.39, 0.29) is 17.5 Å². The van der Waals surface area contributed by atoms with Gasteiger partial charge in [0.25, 0.3) is 0 Å². The molecule has 0 aliphatic rings. The van der Waals surface area contributed by atoms with Gasteiger partial charge in [-0.05, 0) is 18.5 Å². The lowest BCUT2D eigenvalue weighted by Crippen LogP contribution is -2.38. The summed E-state index contributed by atoms with van der Waals surface area (Å²) in [6, 6.07) is 9.38. The maximum atomic E-state index is 12.1. The largest absolute Gasteiger partial charge is 0.316 e. The lowest BCUT2D eigenvalue weighted by Gasteiger charge is -2.22. The fraction of sp³-hybridized carbons (Fsp3) is 0.571. The van der Waals surface area contributed by atoms with Crippen LogP contribution in [0.25, 0.3) is 0 Å².